The summed E-state index contributed by atoms with van der Waals surface area (Å²) in [5, 5.41) is 11.1. The Balaban J connectivity index is 3.22. The highest BCUT2D eigenvalue weighted by atomic mass is 19.1. The summed E-state index contributed by atoms with van der Waals surface area (Å²) < 4.78 is 13.9. The van der Waals surface area contributed by atoms with Crippen LogP contribution in [-0.4, -0.2) is 30.5 Å². The van der Waals surface area contributed by atoms with Crippen molar-refractivity contribution in [3.8, 4) is 0 Å². The van der Waals surface area contributed by atoms with Crippen molar-refractivity contribution in [1.82, 2.24) is 5.32 Å². The smallest absolute Gasteiger partial charge is 0.251 e. The molecule has 0 bridgehead atoms. The second-order valence-corrected chi connectivity index (χ2v) is 4.52. The number of carbonyl (C=O) groups is 2. The molecule has 1 rings (SSSR count). The van der Waals surface area contributed by atoms with Crippen LogP contribution in [0.4, 0.5) is 4.39 Å². The fourth-order valence-corrected chi connectivity index (χ4v) is 1.70. The zero-order valence-corrected chi connectivity index (χ0v) is 12.1. The number of carbonyl (C=O) groups excluding carboxylic acids is 2. The molecular weight excluding hydrogens is 289 g/mol. The highest BCUT2D eigenvalue weighted by molar-refractivity contribution is 5.95. The molecule has 1 aromatic rings. The SMILES string of the molecule is Cc1c(F)cc(C(=O)NCCO)cc1/C(N)=C/C=C(\N)C=O. The van der Waals surface area contributed by atoms with Crippen LogP contribution in [0.25, 0.3) is 5.70 Å². The minimum absolute atomic E-state index is 0.0297. The standard InChI is InChI=1S/C15H18FN3O3/c1-9-12(14(18)3-2-11(17)8-21)6-10(7-13(9)16)15(22)19-4-5-20/h2-3,6-8,20H,4-5,17-18H2,1H3,(H,19,22)/b11-2-,14-3-. The molecule has 0 saturated heterocycles. The minimum atomic E-state index is -0.588. The van der Waals surface area contributed by atoms with Gasteiger partial charge in [0.15, 0.2) is 6.29 Å². The van der Waals surface area contributed by atoms with Crippen LogP contribution in [0.3, 0.4) is 0 Å². The fourth-order valence-electron chi connectivity index (χ4n) is 1.70. The lowest BCUT2D eigenvalue weighted by Gasteiger charge is -2.10. The third-order valence-electron chi connectivity index (χ3n) is 2.91. The first-order valence-electron chi connectivity index (χ1n) is 6.48. The Labute approximate surface area is 127 Å². The monoisotopic (exact) mass is 307 g/mol. The van der Waals surface area contributed by atoms with Crippen molar-refractivity contribution in [2.24, 2.45) is 11.5 Å². The number of amides is 1. The van der Waals surface area contributed by atoms with Crippen molar-refractivity contribution in [3.63, 3.8) is 0 Å². The van der Waals surface area contributed by atoms with E-state index in [2.05, 4.69) is 5.32 Å². The van der Waals surface area contributed by atoms with E-state index >= 15 is 0 Å². The van der Waals surface area contributed by atoms with Crippen LogP contribution in [0.15, 0.2) is 30.0 Å². The van der Waals surface area contributed by atoms with E-state index in [0.717, 1.165) is 6.07 Å². The molecule has 0 aliphatic rings. The Hall–Kier alpha value is -2.67. The number of aliphatic hydroxyl groups is 1. The van der Waals surface area contributed by atoms with E-state index in [1.54, 1.807) is 0 Å². The lowest BCUT2D eigenvalue weighted by Crippen LogP contribution is -2.26. The van der Waals surface area contributed by atoms with Gasteiger partial charge in [-0.05, 0) is 36.8 Å². The Kier molecular flexibility index (Phi) is 6.27. The van der Waals surface area contributed by atoms with E-state index in [1.165, 1.54) is 25.1 Å². The molecule has 0 aliphatic carbocycles. The van der Waals surface area contributed by atoms with Crippen molar-refractivity contribution in [3.05, 3.63) is 52.5 Å². The highest BCUT2D eigenvalue weighted by Crippen LogP contribution is 2.20. The fraction of sp³-hybridized carbons (Fsp3) is 0.200. The molecule has 0 heterocycles. The van der Waals surface area contributed by atoms with Crippen molar-refractivity contribution in [2.45, 2.75) is 6.92 Å². The van der Waals surface area contributed by atoms with Gasteiger partial charge in [0.1, 0.15) is 5.82 Å². The van der Waals surface area contributed by atoms with Gasteiger partial charge in [0.2, 0.25) is 0 Å². The van der Waals surface area contributed by atoms with Crippen molar-refractivity contribution < 1.29 is 19.1 Å². The molecule has 1 aromatic carbocycles. The quantitative estimate of drug-likeness (QED) is 0.340. The van der Waals surface area contributed by atoms with Gasteiger partial charge in [0, 0.05) is 23.4 Å². The molecule has 7 heteroatoms. The Morgan fingerprint density at radius 1 is 1.36 bits per heavy atom. The topological polar surface area (TPSA) is 118 Å². The number of hydrogen-bond donors (Lipinski definition) is 4. The maximum Gasteiger partial charge on any atom is 0.251 e. The van der Waals surface area contributed by atoms with E-state index < -0.39 is 11.7 Å². The summed E-state index contributed by atoms with van der Waals surface area (Å²) in [5.74, 6) is -1.11. The van der Waals surface area contributed by atoms with Gasteiger partial charge in [-0.3, -0.25) is 9.59 Å². The molecule has 6 N–H and O–H groups in total. The maximum atomic E-state index is 13.9. The summed E-state index contributed by atoms with van der Waals surface area (Å²) in [6, 6.07) is 2.52. The van der Waals surface area contributed by atoms with E-state index in [-0.39, 0.29) is 35.7 Å². The number of nitrogens with two attached hydrogens (primary N) is 2. The number of benzene rings is 1. The van der Waals surface area contributed by atoms with Crippen LogP contribution in [0.1, 0.15) is 21.5 Å². The third kappa shape index (κ3) is 4.42. The number of halogens is 1. The molecule has 1 amide bonds. The van der Waals surface area contributed by atoms with Gasteiger partial charge >= 0.3 is 0 Å². The predicted molar refractivity (Wildman–Crippen MR) is 81.1 cm³/mol. The first-order chi connectivity index (χ1) is 10.4. The zero-order valence-electron chi connectivity index (χ0n) is 12.1. The highest BCUT2D eigenvalue weighted by Gasteiger charge is 2.13. The summed E-state index contributed by atoms with van der Waals surface area (Å²) in [5.41, 5.74) is 12.0. The van der Waals surface area contributed by atoms with Crippen LogP contribution in [-0.2, 0) is 4.79 Å². The normalized spacial score (nSPS) is 12.1. The van der Waals surface area contributed by atoms with Crippen LogP contribution in [0, 0.1) is 12.7 Å². The van der Waals surface area contributed by atoms with Gasteiger partial charge in [0.25, 0.3) is 5.91 Å². The van der Waals surface area contributed by atoms with E-state index in [9.17, 15) is 14.0 Å². The minimum Gasteiger partial charge on any atom is -0.398 e. The lowest BCUT2D eigenvalue weighted by molar-refractivity contribution is -0.104. The number of nitrogens with one attached hydrogen (secondary N) is 1. The molecule has 0 aliphatic heterocycles. The number of aldehydes is 1. The summed E-state index contributed by atoms with van der Waals surface area (Å²) in [6.07, 6.45) is 3.11. The maximum absolute atomic E-state index is 13.9. The number of rotatable bonds is 6. The molecular formula is C15H18FN3O3. The van der Waals surface area contributed by atoms with Crippen molar-refractivity contribution in [1.29, 1.82) is 0 Å². The average Bonchev–Trinajstić information content (AvgIpc) is 2.52. The lowest BCUT2D eigenvalue weighted by atomic mass is 10.0. The van der Waals surface area contributed by atoms with Gasteiger partial charge < -0.3 is 21.9 Å². The van der Waals surface area contributed by atoms with E-state index in [4.69, 9.17) is 16.6 Å². The van der Waals surface area contributed by atoms with Gasteiger partial charge in [-0.1, -0.05) is 0 Å². The second-order valence-electron chi connectivity index (χ2n) is 4.52. The molecule has 0 radical (unpaired) electrons. The van der Waals surface area contributed by atoms with Crippen LogP contribution < -0.4 is 16.8 Å². The summed E-state index contributed by atoms with van der Waals surface area (Å²) >= 11 is 0. The largest absolute Gasteiger partial charge is 0.398 e. The molecule has 0 aromatic heterocycles. The number of hydrogen-bond acceptors (Lipinski definition) is 5. The molecule has 0 atom stereocenters. The third-order valence-corrected chi connectivity index (χ3v) is 2.91. The van der Waals surface area contributed by atoms with Crippen LogP contribution >= 0.6 is 0 Å². The molecule has 0 spiro atoms. The molecule has 6 nitrogen and oxygen atoms in total. The summed E-state index contributed by atoms with van der Waals surface area (Å²) in [4.78, 5) is 22.2. The second kappa shape index (κ2) is 7.94. The molecule has 22 heavy (non-hydrogen) atoms. The molecule has 0 fully saturated rings. The Morgan fingerprint density at radius 2 is 2.05 bits per heavy atom. The zero-order chi connectivity index (χ0) is 16.7. The van der Waals surface area contributed by atoms with Crippen molar-refractivity contribution in [2.75, 3.05) is 13.2 Å². The molecule has 0 unspecified atom stereocenters. The Morgan fingerprint density at radius 3 is 2.64 bits per heavy atom. The molecule has 118 valence electrons. The van der Waals surface area contributed by atoms with Crippen LogP contribution in [0.5, 0.6) is 0 Å². The first-order valence-corrected chi connectivity index (χ1v) is 6.48. The Bertz CT molecular complexity index is 639. The average molecular weight is 307 g/mol. The van der Waals surface area contributed by atoms with E-state index in [1.807, 2.05) is 0 Å². The van der Waals surface area contributed by atoms with E-state index in [0.29, 0.717) is 11.8 Å². The summed E-state index contributed by atoms with van der Waals surface area (Å²) in [6.45, 7) is 1.37. The number of aliphatic hydroxyl groups excluding tert-OH is 1. The number of allylic oxidation sites excluding steroid dienone is 3. The first kappa shape index (κ1) is 17.4. The van der Waals surface area contributed by atoms with Crippen molar-refractivity contribution >= 4 is 17.9 Å². The summed E-state index contributed by atoms with van der Waals surface area (Å²) in [7, 11) is 0. The van der Waals surface area contributed by atoms with Gasteiger partial charge in [-0.25, -0.2) is 4.39 Å². The van der Waals surface area contributed by atoms with Gasteiger partial charge in [-0.2, -0.15) is 0 Å². The van der Waals surface area contributed by atoms with Gasteiger partial charge in [0.05, 0.1) is 12.3 Å². The van der Waals surface area contributed by atoms with Gasteiger partial charge in [-0.15, -0.1) is 0 Å². The predicted octanol–water partition coefficient (Wildman–Crippen LogP) is 0.197. The van der Waals surface area contributed by atoms with Crippen LogP contribution in [0.2, 0.25) is 0 Å². The molecule has 0 saturated carbocycles.